The molecule has 1 aliphatic rings. The highest BCUT2D eigenvalue weighted by Gasteiger charge is 2.25. The molecule has 1 heterocycles. The van der Waals surface area contributed by atoms with Crippen LogP contribution in [-0.2, 0) is 4.79 Å². The van der Waals surface area contributed by atoms with Crippen LogP contribution in [0.25, 0.3) is 6.08 Å². The van der Waals surface area contributed by atoms with Crippen molar-refractivity contribution in [1.82, 2.24) is 10.2 Å². The van der Waals surface area contributed by atoms with Gasteiger partial charge in [0.1, 0.15) is 11.5 Å². The number of rotatable bonds is 5. The molecule has 26 heavy (non-hydrogen) atoms. The second-order valence-corrected chi connectivity index (χ2v) is 6.60. The quantitative estimate of drug-likeness (QED) is 0.832. The van der Waals surface area contributed by atoms with E-state index in [-0.39, 0.29) is 23.6 Å². The topological polar surface area (TPSA) is 62.6 Å². The van der Waals surface area contributed by atoms with Crippen LogP contribution in [0, 0.1) is 0 Å². The number of hydrogen-bond donors (Lipinski definition) is 1. The predicted molar refractivity (Wildman–Crippen MR) is 100 cm³/mol. The van der Waals surface area contributed by atoms with Crippen LogP contribution in [0.15, 0.2) is 58.8 Å². The minimum absolute atomic E-state index is 0.197. The van der Waals surface area contributed by atoms with Gasteiger partial charge in [0.05, 0.1) is 6.26 Å². The molecule has 3 rings (SSSR count). The normalized spacial score (nSPS) is 15.5. The average Bonchev–Trinajstić information content (AvgIpc) is 3.21. The minimum Gasteiger partial charge on any atom is -0.465 e. The van der Waals surface area contributed by atoms with Crippen LogP contribution in [0.5, 0.6) is 0 Å². The minimum atomic E-state index is -0.311. The highest BCUT2D eigenvalue weighted by molar-refractivity contribution is 6.05. The molecule has 1 aromatic heterocycles. The summed E-state index contributed by atoms with van der Waals surface area (Å²) in [6, 6.07) is 12.6. The van der Waals surface area contributed by atoms with Crippen LogP contribution >= 0.6 is 0 Å². The van der Waals surface area contributed by atoms with Crippen LogP contribution in [0.4, 0.5) is 0 Å². The Balaban J connectivity index is 1.81. The zero-order valence-corrected chi connectivity index (χ0v) is 15.0. The highest BCUT2D eigenvalue weighted by atomic mass is 16.3. The lowest BCUT2D eigenvalue weighted by molar-refractivity contribution is -0.128. The molecule has 0 atom stereocenters. The van der Waals surface area contributed by atoms with Crippen molar-refractivity contribution >= 4 is 17.9 Å². The maximum atomic E-state index is 13.0. The predicted octanol–water partition coefficient (Wildman–Crippen LogP) is 3.84. The molecule has 1 saturated carbocycles. The molecule has 0 bridgehead atoms. The van der Waals surface area contributed by atoms with Gasteiger partial charge in [-0.3, -0.25) is 9.59 Å². The number of hydrogen-bond acceptors (Lipinski definition) is 3. The molecule has 5 nitrogen and oxygen atoms in total. The molecular weight excluding hydrogens is 328 g/mol. The Kier molecular flexibility index (Phi) is 5.89. The van der Waals surface area contributed by atoms with Gasteiger partial charge in [-0.2, -0.15) is 0 Å². The summed E-state index contributed by atoms with van der Waals surface area (Å²) in [5.41, 5.74) is 0.729. The van der Waals surface area contributed by atoms with Crippen LogP contribution in [0.1, 0.15) is 48.2 Å². The van der Waals surface area contributed by atoms with Gasteiger partial charge in [0, 0.05) is 24.7 Å². The van der Waals surface area contributed by atoms with Crippen molar-refractivity contribution < 1.29 is 14.0 Å². The Morgan fingerprint density at radius 2 is 1.81 bits per heavy atom. The summed E-state index contributed by atoms with van der Waals surface area (Å²) >= 11 is 0. The summed E-state index contributed by atoms with van der Waals surface area (Å²) in [5, 5.41) is 2.76. The first kappa shape index (κ1) is 18.0. The summed E-state index contributed by atoms with van der Waals surface area (Å²) in [6.07, 6.45) is 8.62. The Labute approximate surface area is 153 Å². The molecule has 1 aliphatic carbocycles. The first-order valence-corrected chi connectivity index (χ1v) is 9.04. The fraction of sp³-hybridized carbons (Fsp3) is 0.333. The van der Waals surface area contributed by atoms with Crippen LogP contribution in [0.3, 0.4) is 0 Å². The van der Waals surface area contributed by atoms with Gasteiger partial charge in [0.15, 0.2) is 0 Å². The number of likely N-dealkylation sites (N-methyl/N-ethyl adjacent to an activating group) is 1. The van der Waals surface area contributed by atoms with Gasteiger partial charge >= 0.3 is 0 Å². The zero-order valence-electron chi connectivity index (χ0n) is 15.0. The Morgan fingerprint density at radius 3 is 2.46 bits per heavy atom. The second kappa shape index (κ2) is 8.52. The van der Waals surface area contributed by atoms with Gasteiger partial charge in [-0.1, -0.05) is 37.5 Å². The lowest BCUT2D eigenvalue weighted by Crippen LogP contribution is -2.42. The average molecular weight is 352 g/mol. The fourth-order valence-electron chi connectivity index (χ4n) is 3.28. The fourth-order valence-corrected chi connectivity index (χ4v) is 3.28. The van der Waals surface area contributed by atoms with Gasteiger partial charge in [-0.15, -0.1) is 0 Å². The number of furan rings is 1. The maximum Gasteiger partial charge on any atom is 0.270 e. The van der Waals surface area contributed by atoms with E-state index in [0.29, 0.717) is 11.3 Å². The van der Waals surface area contributed by atoms with E-state index in [1.54, 1.807) is 47.4 Å². The van der Waals surface area contributed by atoms with E-state index in [9.17, 15) is 9.59 Å². The van der Waals surface area contributed by atoms with Gasteiger partial charge < -0.3 is 14.6 Å². The van der Waals surface area contributed by atoms with Gasteiger partial charge in [0.2, 0.25) is 0 Å². The van der Waals surface area contributed by atoms with Crippen molar-refractivity contribution in [2.45, 2.75) is 38.1 Å². The van der Waals surface area contributed by atoms with Crippen LogP contribution in [-0.4, -0.2) is 29.8 Å². The highest BCUT2D eigenvalue weighted by Crippen LogP contribution is 2.23. The molecule has 0 aliphatic heterocycles. The maximum absolute atomic E-state index is 13.0. The molecular formula is C21H24N2O3. The lowest BCUT2D eigenvalue weighted by atomic mass is 9.94. The number of carbonyl (C=O) groups is 2. The molecule has 2 amide bonds. The van der Waals surface area contributed by atoms with Crippen LogP contribution in [0.2, 0.25) is 0 Å². The molecule has 1 N–H and O–H groups in total. The third kappa shape index (κ3) is 4.42. The molecule has 5 heteroatoms. The molecule has 0 radical (unpaired) electrons. The molecule has 0 unspecified atom stereocenters. The van der Waals surface area contributed by atoms with Gasteiger partial charge in [-0.25, -0.2) is 0 Å². The molecule has 1 fully saturated rings. The monoisotopic (exact) mass is 352 g/mol. The molecule has 0 saturated heterocycles. The van der Waals surface area contributed by atoms with E-state index in [1.165, 1.54) is 12.7 Å². The van der Waals surface area contributed by atoms with Crippen molar-refractivity contribution in [2.75, 3.05) is 7.05 Å². The van der Waals surface area contributed by atoms with E-state index >= 15 is 0 Å². The second-order valence-electron chi connectivity index (χ2n) is 6.60. The smallest absolute Gasteiger partial charge is 0.270 e. The van der Waals surface area contributed by atoms with E-state index in [0.717, 1.165) is 25.7 Å². The summed E-state index contributed by atoms with van der Waals surface area (Å²) in [5.74, 6) is 0.0186. The number of amides is 2. The Morgan fingerprint density at radius 1 is 1.08 bits per heavy atom. The van der Waals surface area contributed by atoms with Gasteiger partial charge in [-0.05, 0) is 37.1 Å². The molecule has 1 aromatic carbocycles. The van der Waals surface area contributed by atoms with Crippen molar-refractivity contribution in [3.05, 3.63) is 65.7 Å². The molecule has 136 valence electrons. The van der Waals surface area contributed by atoms with E-state index in [1.807, 2.05) is 13.1 Å². The van der Waals surface area contributed by atoms with E-state index < -0.39 is 0 Å². The summed E-state index contributed by atoms with van der Waals surface area (Å²) in [7, 11) is 1.81. The van der Waals surface area contributed by atoms with Crippen LogP contribution < -0.4 is 5.32 Å². The van der Waals surface area contributed by atoms with E-state index in [4.69, 9.17) is 4.42 Å². The first-order chi connectivity index (χ1) is 12.6. The summed E-state index contributed by atoms with van der Waals surface area (Å²) in [6.45, 7) is 0. The lowest BCUT2D eigenvalue weighted by Gasteiger charge is -2.31. The van der Waals surface area contributed by atoms with Crippen molar-refractivity contribution in [3.8, 4) is 0 Å². The standard InChI is InChI=1S/C21H24N2O3/c1-23(17-11-6-3-7-12-17)21(25)19(15-18-13-8-14-26-18)22-20(24)16-9-4-2-5-10-16/h2,4-5,8-10,13-15,17H,3,6-7,11-12H2,1H3,(H,22,24). The van der Waals surface area contributed by atoms with Crippen molar-refractivity contribution in [1.29, 1.82) is 0 Å². The largest absolute Gasteiger partial charge is 0.465 e. The number of nitrogens with zero attached hydrogens (tertiary/aromatic N) is 1. The summed E-state index contributed by atoms with van der Waals surface area (Å²) in [4.78, 5) is 27.3. The Bertz CT molecular complexity index is 760. The van der Waals surface area contributed by atoms with E-state index in [2.05, 4.69) is 5.32 Å². The SMILES string of the molecule is CN(C(=O)C(=Cc1ccco1)NC(=O)c1ccccc1)C1CCCCC1. The third-order valence-corrected chi connectivity index (χ3v) is 4.79. The third-order valence-electron chi connectivity index (χ3n) is 4.79. The number of nitrogens with one attached hydrogen (secondary N) is 1. The number of carbonyl (C=O) groups excluding carboxylic acids is 2. The van der Waals surface area contributed by atoms with Crippen molar-refractivity contribution in [3.63, 3.8) is 0 Å². The first-order valence-electron chi connectivity index (χ1n) is 9.04. The van der Waals surface area contributed by atoms with Crippen molar-refractivity contribution in [2.24, 2.45) is 0 Å². The molecule has 2 aromatic rings. The zero-order chi connectivity index (χ0) is 18.4. The van der Waals surface area contributed by atoms with Gasteiger partial charge in [0.25, 0.3) is 11.8 Å². The summed E-state index contributed by atoms with van der Waals surface area (Å²) < 4.78 is 5.33. The Hall–Kier alpha value is -2.82. The number of benzene rings is 1. The molecule has 0 spiro atoms.